The number of fused-ring (bicyclic) bond motifs is 1. The Balaban J connectivity index is 1.44. The highest BCUT2D eigenvalue weighted by atomic mass is 19.1. The number of carbonyl (C=O) groups excluding carboxylic acids is 1. The SMILES string of the molecule is C[C@H](CCC(=O)N(C)CCc1nc2ccc(F)cc2[nH]1)N1CCOCC1. The van der Waals surface area contributed by atoms with E-state index in [4.69, 9.17) is 4.74 Å². The Hall–Kier alpha value is -1.99. The van der Waals surface area contributed by atoms with Gasteiger partial charge in [0.05, 0.1) is 24.2 Å². The van der Waals surface area contributed by atoms with Crippen LogP contribution in [0.25, 0.3) is 11.0 Å². The number of halogens is 1. The van der Waals surface area contributed by atoms with Gasteiger partial charge in [-0.2, -0.15) is 0 Å². The highest BCUT2D eigenvalue weighted by Gasteiger charge is 2.19. The van der Waals surface area contributed by atoms with Gasteiger partial charge in [-0.15, -0.1) is 0 Å². The highest BCUT2D eigenvalue weighted by molar-refractivity contribution is 5.76. The number of aromatic nitrogens is 2. The number of ether oxygens (including phenoxy) is 1. The Labute approximate surface area is 153 Å². The Morgan fingerprint density at radius 3 is 2.96 bits per heavy atom. The van der Waals surface area contributed by atoms with Gasteiger partial charge in [0.1, 0.15) is 11.6 Å². The molecule has 1 atom stereocenters. The first-order valence-electron chi connectivity index (χ1n) is 9.23. The first-order valence-corrected chi connectivity index (χ1v) is 9.23. The third-order valence-corrected chi connectivity index (χ3v) is 5.05. The van der Waals surface area contributed by atoms with Crippen LogP contribution in [-0.4, -0.2) is 71.6 Å². The minimum absolute atomic E-state index is 0.146. The van der Waals surface area contributed by atoms with Gasteiger partial charge in [-0.25, -0.2) is 9.37 Å². The van der Waals surface area contributed by atoms with Crippen molar-refractivity contribution in [2.24, 2.45) is 0 Å². The number of imidazole rings is 1. The molecule has 0 spiro atoms. The predicted molar refractivity (Wildman–Crippen MR) is 98.5 cm³/mol. The van der Waals surface area contributed by atoms with Crippen LogP contribution in [0.5, 0.6) is 0 Å². The van der Waals surface area contributed by atoms with Gasteiger partial charge in [0.25, 0.3) is 0 Å². The van der Waals surface area contributed by atoms with Crippen LogP contribution >= 0.6 is 0 Å². The molecule has 0 saturated carbocycles. The standard InChI is InChI=1S/C19H27FN4O2/c1-14(24-9-11-26-12-10-24)3-6-19(25)23(2)8-7-18-21-16-5-4-15(20)13-17(16)22-18/h4-5,13-14H,3,6-12H2,1-2H3,(H,21,22)/t14-/m1/s1. The molecule has 3 rings (SSSR count). The molecule has 1 aliphatic heterocycles. The van der Waals surface area contributed by atoms with Gasteiger partial charge in [0.15, 0.2) is 0 Å². The summed E-state index contributed by atoms with van der Waals surface area (Å²) in [6, 6.07) is 4.89. The zero-order chi connectivity index (χ0) is 18.5. The van der Waals surface area contributed by atoms with E-state index in [0.717, 1.165) is 44.1 Å². The highest BCUT2D eigenvalue weighted by Crippen LogP contribution is 2.14. The molecule has 6 nitrogen and oxygen atoms in total. The number of nitrogens with one attached hydrogen (secondary N) is 1. The number of hydrogen-bond acceptors (Lipinski definition) is 4. The number of rotatable bonds is 7. The molecule has 0 bridgehead atoms. The molecule has 142 valence electrons. The van der Waals surface area contributed by atoms with Crippen molar-refractivity contribution < 1.29 is 13.9 Å². The van der Waals surface area contributed by atoms with Crippen molar-refractivity contribution in [3.63, 3.8) is 0 Å². The van der Waals surface area contributed by atoms with E-state index < -0.39 is 0 Å². The normalized spacial score (nSPS) is 16.7. The van der Waals surface area contributed by atoms with Crippen molar-refractivity contribution in [2.75, 3.05) is 39.9 Å². The maximum absolute atomic E-state index is 13.2. The van der Waals surface area contributed by atoms with E-state index in [1.165, 1.54) is 12.1 Å². The van der Waals surface area contributed by atoms with Crippen LogP contribution in [0.3, 0.4) is 0 Å². The number of H-pyrrole nitrogens is 1. The lowest BCUT2D eigenvalue weighted by molar-refractivity contribution is -0.130. The number of morpholine rings is 1. The zero-order valence-electron chi connectivity index (χ0n) is 15.5. The predicted octanol–water partition coefficient (Wildman–Crippen LogP) is 2.20. The van der Waals surface area contributed by atoms with Gasteiger partial charge < -0.3 is 14.6 Å². The molecular weight excluding hydrogens is 335 g/mol. The van der Waals surface area contributed by atoms with E-state index in [0.29, 0.717) is 30.9 Å². The lowest BCUT2D eigenvalue weighted by Crippen LogP contribution is -2.42. The molecule has 7 heteroatoms. The van der Waals surface area contributed by atoms with Crippen molar-refractivity contribution >= 4 is 16.9 Å². The topological polar surface area (TPSA) is 61.5 Å². The third kappa shape index (κ3) is 4.80. The molecule has 1 aromatic carbocycles. The van der Waals surface area contributed by atoms with Gasteiger partial charge in [0.2, 0.25) is 5.91 Å². The van der Waals surface area contributed by atoms with Crippen LogP contribution < -0.4 is 0 Å². The second-order valence-corrected chi connectivity index (χ2v) is 6.95. The minimum Gasteiger partial charge on any atom is -0.379 e. The molecule has 0 aliphatic carbocycles. The van der Waals surface area contributed by atoms with E-state index in [2.05, 4.69) is 21.8 Å². The number of aromatic amines is 1. The summed E-state index contributed by atoms with van der Waals surface area (Å²) in [6.07, 6.45) is 2.02. The fraction of sp³-hybridized carbons (Fsp3) is 0.579. The Bertz CT molecular complexity index is 742. The zero-order valence-corrected chi connectivity index (χ0v) is 15.5. The Morgan fingerprint density at radius 2 is 2.19 bits per heavy atom. The van der Waals surface area contributed by atoms with Crippen LogP contribution in [0.15, 0.2) is 18.2 Å². The molecule has 1 aliphatic rings. The summed E-state index contributed by atoms with van der Waals surface area (Å²) in [6.45, 7) is 6.20. The van der Waals surface area contributed by atoms with Gasteiger partial charge >= 0.3 is 0 Å². The number of nitrogens with zero attached hydrogens (tertiary/aromatic N) is 3. The summed E-state index contributed by atoms with van der Waals surface area (Å²) < 4.78 is 18.6. The van der Waals surface area contributed by atoms with Crippen molar-refractivity contribution in [3.05, 3.63) is 29.8 Å². The second kappa shape index (κ2) is 8.60. The quantitative estimate of drug-likeness (QED) is 0.820. The lowest BCUT2D eigenvalue weighted by Gasteiger charge is -2.32. The van der Waals surface area contributed by atoms with Crippen molar-refractivity contribution in [2.45, 2.75) is 32.2 Å². The van der Waals surface area contributed by atoms with Gasteiger partial charge in [-0.3, -0.25) is 9.69 Å². The molecule has 0 unspecified atom stereocenters. The summed E-state index contributed by atoms with van der Waals surface area (Å²) in [7, 11) is 1.82. The third-order valence-electron chi connectivity index (χ3n) is 5.05. The number of benzene rings is 1. The van der Waals surface area contributed by atoms with Crippen LogP contribution in [-0.2, 0) is 16.0 Å². The molecule has 1 saturated heterocycles. The number of carbonyl (C=O) groups is 1. The summed E-state index contributed by atoms with van der Waals surface area (Å²) >= 11 is 0. The fourth-order valence-corrected chi connectivity index (χ4v) is 3.28. The molecule has 26 heavy (non-hydrogen) atoms. The molecule has 1 amide bonds. The Kier molecular flexibility index (Phi) is 6.21. The largest absolute Gasteiger partial charge is 0.379 e. The van der Waals surface area contributed by atoms with Crippen LogP contribution in [0.1, 0.15) is 25.6 Å². The molecule has 2 heterocycles. The summed E-state index contributed by atoms with van der Waals surface area (Å²) in [5.41, 5.74) is 1.43. The summed E-state index contributed by atoms with van der Waals surface area (Å²) in [5, 5.41) is 0. The van der Waals surface area contributed by atoms with Crippen molar-refractivity contribution in [3.8, 4) is 0 Å². The average Bonchev–Trinajstić information content (AvgIpc) is 3.06. The van der Waals surface area contributed by atoms with Gasteiger partial charge in [0, 0.05) is 45.6 Å². The second-order valence-electron chi connectivity index (χ2n) is 6.95. The van der Waals surface area contributed by atoms with Crippen molar-refractivity contribution in [1.82, 2.24) is 19.8 Å². The molecular formula is C19H27FN4O2. The average molecular weight is 362 g/mol. The van der Waals surface area contributed by atoms with Crippen LogP contribution in [0.4, 0.5) is 4.39 Å². The van der Waals surface area contributed by atoms with E-state index in [-0.39, 0.29) is 11.7 Å². The van der Waals surface area contributed by atoms with Crippen LogP contribution in [0.2, 0.25) is 0 Å². The number of hydrogen-bond donors (Lipinski definition) is 1. The maximum atomic E-state index is 13.2. The summed E-state index contributed by atoms with van der Waals surface area (Å²) in [5.74, 6) is 0.633. The van der Waals surface area contributed by atoms with E-state index in [9.17, 15) is 9.18 Å². The van der Waals surface area contributed by atoms with Crippen molar-refractivity contribution in [1.29, 1.82) is 0 Å². The molecule has 1 N–H and O–H groups in total. The molecule has 0 radical (unpaired) electrons. The molecule has 2 aromatic rings. The smallest absolute Gasteiger partial charge is 0.222 e. The van der Waals surface area contributed by atoms with Crippen LogP contribution in [0, 0.1) is 5.82 Å². The van der Waals surface area contributed by atoms with Gasteiger partial charge in [-0.05, 0) is 31.5 Å². The monoisotopic (exact) mass is 362 g/mol. The fourth-order valence-electron chi connectivity index (χ4n) is 3.28. The number of amides is 1. The van der Waals surface area contributed by atoms with E-state index in [1.54, 1.807) is 11.0 Å². The number of likely N-dealkylation sites (N-methyl/N-ethyl adjacent to an activating group) is 1. The lowest BCUT2D eigenvalue weighted by atomic mass is 10.1. The molecule has 1 aromatic heterocycles. The first-order chi connectivity index (χ1) is 12.5. The van der Waals surface area contributed by atoms with E-state index >= 15 is 0 Å². The Morgan fingerprint density at radius 1 is 1.42 bits per heavy atom. The van der Waals surface area contributed by atoms with Gasteiger partial charge in [-0.1, -0.05) is 0 Å². The molecule has 1 fully saturated rings. The first kappa shape index (κ1) is 18.8. The summed E-state index contributed by atoms with van der Waals surface area (Å²) in [4.78, 5) is 24.1. The maximum Gasteiger partial charge on any atom is 0.222 e. The minimum atomic E-state index is -0.283. The van der Waals surface area contributed by atoms with E-state index in [1.807, 2.05) is 7.05 Å².